The molecule has 4 rings (SSSR count). The van der Waals surface area contributed by atoms with Gasteiger partial charge in [-0.2, -0.15) is 0 Å². The SMILES string of the molecule is O=C(COc1ccccc1)Oc1ccc2ccccc2c1Sc1ccccc1[N+](=O)[O-]. The number of fused-ring (bicyclic) bond motifs is 1. The molecule has 0 heterocycles. The van der Waals surface area contributed by atoms with Gasteiger partial charge in [-0.05, 0) is 35.0 Å². The van der Waals surface area contributed by atoms with E-state index in [-0.39, 0.29) is 12.3 Å². The van der Waals surface area contributed by atoms with E-state index in [4.69, 9.17) is 9.47 Å². The van der Waals surface area contributed by atoms with Gasteiger partial charge >= 0.3 is 5.97 Å². The van der Waals surface area contributed by atoms with Crippen LogP contribution in [0, 0.1) is 10.1 Å². The second kappa shape index (κ2) is 9.32. The fourth-order valence-electron chi connectivity index (χ4n) is 3.02. The lowest BCUT2D eigenvalue weighted by Crippen LogP contribution is -2.18. The van der Waals surface area contributed by atoms with Gasteiger partial charge in [0, 0.05) is 6.07 Å². The molecule has 154 valence electrons. The molecule has 4 aromatic carbocycles. The van der Waals surface area contributed by atoms with E-state index in [0.29, 0.717) is 21.3 Å². The van der Waals surface area contributed by atoms with Crippen molar-refractivity contribution in [2.45, 2.75) is 9.79 Å². The highest BCUT2D eigenvalue weighted by Crippen LogP contribution is 2.43. The summed E-state index contributed by atoms with van der Waals surface area (Å²) in [5.41, 5.74) is -0.00915. The van der Waals surface area contributed by atoms with Gasteiger partial charge in [0.05, 0.1) is 14.7 Å². The maximum atomic E-state index is 12.4. The number of benzene rings is 4. The second-order valence-electron chi connectivity index (χ2n) is 6.52. The van der Waals surface area contributed by atoms with Crippen LogP contribution in [0.3, 0.4) is 0 Å². The maximum absolute atomic E-state index is 12.4. The Morgan fingerprint density at radius 1 is 0.871 bits per heavy atom. The number of hydrogen-bond acceptors (Lipinski definition) is 6. The number of carbonyl (C=O) groups is 1. The molecule has 31 heavy (non-hydrogen) atoms. The number of rotatable bonds is 7. The second-order valence-corrected chi connectivity index (χ2v) is 7.57. The lowest BCUT2D eigenvalue weighted by molar-refractivity contribution is -0.387. The Hall–Kier alpha value is -3.84. The molecule has 4 aromatic rings. The Morgan fingerprint density at radius 2 is 1.58 bits per heavy atom. The first-order valence-electron chi connectivity index (χ1n) is 9.43. The third-order valence-electron chi connectivity index (χ3n) is 4.44. The molecule has 0 unspecified atom stereocenters. The highest BCUT2D eigenvalue weighted by atomic mass is 32.2. The first-order valence-corrected chi connectivity index (χ1v) is 10.2. The molecule has 0 bridgehead atoms. The molecule has 0 radical (unpaired) electrons. The van der Waals surface area contributed by atoms with Crippen molar-refractivity contribution in [2.75, 3.05) is 6.61 Å². The first kappa shape index (κ1) is 20.4. The molecule has 6 nitrogen and oxygen atoms in total. The summed E-state index contributed by atoms with van der Waals surface area (Å²) < 4.78 is 11.1. The van der Waals surface area contributed by atoms with Crippen LogP contribution in [-0.4, -0.2) is 17.5 Å². The summed E-state index contributed by atoms with van der Waals surface area (Å²) in [5, 5.41) is 13.2. The van der Waals surface area contributed by atoms with E-state index in [1.54, 1.807) is 36.4 Å². The standard InChI is InChI=1S/C24H17NO5S/c26-23(16-29-18-9-2-1-3-10-18)30-21-15-14-17-8-4-5-11-19(17)24(21)31-22-13-7-6-12-20(22)25(27)28/h1-15H,16H2. The van der Waals surface area contributed by atoms with Crippen molar-refractivity contribution in [2.24, 2.45) is 0 Å². The van der Waals surface area contributed by atoms with Crippen LogP contribution in [0.5, 0.6) is 11.5 Å². The van der Waals surface area contributed by atoms with E-state index in [2.05, 4.69) is 0 Å². The predicted octanol–water partition coefficient (Wildman–Crippen LogP) is 5.88. The summed E-state index contributed by atoms with van der Waals surface area (Å²) in [6, 6.07) is 26.6. The molecule has 0 saturated heterocycles. The number of carbonyl (C=O) groups excluding carboxylic acids is 1. The molecule has 0 aliphatic rings. The first-order chi connectivity index (χ1) is 15.1. The van der Waals surface area contributed by atoms with Crippen LogP contribution in [-0.2, 0) is 4.79 Å². The molecule has 0 amide bonds. The van der Waals surface area contributed by atoms with Gasteiger partial charge in [-0.25, -0.2) is 4.79 Å². The number of hydrogen-bond donors (Lipinski definition) is 0. The molecule has 0 aromatic heterocycles. The summed E-state index contributed by atoms with van der Waals surface area (Å²) in [5.74, 6) is 0.319. The molecule has 0 spiro atoms. The number of nitro benzene ring substituents is 1. The van der Waals surface area contributed by atoms with Gasteiger partial charge in [0.1, 0.15) is 11.5 Å². The molecule has 0 aliphatic heterocycles. The van der Waals surface area contributed by atoms with Crippen molar-refractivity contribution in [1.29, 1.82) is 0 Å². The van der Waals surface area contributed by atoms with Crippen LogP contribution in [0.25, 0.3) is 10.8 Å². The Bertz CT molecular complexity index is 1240. The quantitative estimate of drug-likeness (QED) is 0.157. The van der Waals surface area contributed by atoms with Crippen molar-refractivity contribution >= 4 is 34.2 Å². The molecule has 0 N–H and O–H groups in total. The van der Waals surface area contributed by atoms with Gasteiger partial charge in [0.25, 0.3) is 5.69 Å². The average molecular weight is 431 g/mol. The molecule has 0 atom stereocenters. The van der Waals surface area contributed by atoms with E-state index in [1.165, 1.54) is 17.8 Å². The third-order valence-corrected chi connectivity index (χ3v) is 5.63. The third kappa shape index (κ3) is 4.84. The Kier molecular flexibility index (Phi) is 6.14. The maximum Gasteiger partial charge on any atom is 0.349 e. The molecule has 0 fully saturated rings. The van der Waals surface area contributed by atoms with Crippen LogP contribution < -0.4 is 9.47 Å². The van der Waals surface area contributed by atoms with Crippen LogP contribution >= 0.6 is 11.8 Å². The van der Waals surface area contributed by atoms with Crippen molar-refractivity contribution in [3.63, 3.8) is 0 Å². The minimum absolute atomic E-state index is 0.00915. The molecule has 7 heteroatoms. The number of ether oxygens (including phenoxy) is 2. The van der Waals surface area contributed by atoms with E-state index >= 15 is 0 Å². The molecular formula is C24H17NO5S. The fraction of sp³-hybridized carbons (Fsp3) is 0.0417. The monoisotopic (exact) mass is 431 g/mol. The topological polar surface area (TPSA) is 78.7 Å². The average Bonchev–Trinajstić information content (AvgIpc) is 2.80. The summed E-state index contributed by atoms with van der Waals surface area (Å²) in [4.78, 5) is 24.5. The van der Waals surface area contributed by atoms with E-state index < -0.39 is 10.9 Å². The van der Waals surface area contributed by atoms with Gasteiger partial charge < -0.3 is 9.47 Å². The van der Waals surface area contributed by atoms with E-state index in [0.717, 1.165) is 10.8 Å². The molecule has 0 aliphatic carbocycles. The Labute approximate surface area is 182 Å². The number of nitrogens with zero attached hydrogens (tertiary/aromatic N) is 1. The van der Waals surface area contributed by atoms with Crippen molar-refractivity contribution in [3.8, 4) is 11.5 Å². The fourth-order valence-corrected chi connectivity index (χ4v) is 4.14. The normalized spacial score (nSPS) is 10.6. The number of para-hydroxylation sites is 2. The van der Waals surface area contributed by atoms with Crippen molar-refractivity contribution < 1.29 is 19.2 Å². The smallest absolute Gasteiger partial charge is 0.349 e. The Morgan fingerprint density at radius 3 is 2.39 bits per heavy atom. The number of nitro groups is 1. The minimum atomic E-state index is -0.566. The zero-order valence-corrected chi connectivity index (χ0v) is 17.1. The summed E-state index contributed by atoms with van der Waals surface area (Å²) >= 11 is 1.20. The lowest BCUT2D eigenvalue weighted by atomic mass is 10.1. The highest BCUT2D eigenvalue weighted by molar-refractivity contribution is 7.99. The van der Waals surface area contributed by atoms with Crippen LogP contribution in [0.2, 0.25) is 0 Å². The van der Waals surface area contributed by atoms with Crippen LogP contribution in [0.1, 0.15) is 0 Å². The van der Waals surface area contributed by atoms with Gasteiger partial charge in [-0.3, -0.25) is 10.1 Å². The van der Waals surface area contributed by atoms with E-state index in [1.807, 2.05) is 48.5 Å². The highest BCUT2D eigenvalue weighted by Gasteiger charge is 2.19. The Balaban J connectivity index is 1.64. The predicted molar refractivity (Wildman–Crippen MR) is 119 cm³/mol. The van der Waals surface area contributed by atoms with Crippen LogP contribution in [0.4, 0.5) is 5.69 Å². The van der Waals surface area contributed by atoms with Gasteiger partial charge in [-0.1, -0.05) is 72.4 Å². The molecule has 0 saturated carbocycles. The van der Waals surface area contributed by atoms with Crippen molar-refractivity contribution in [3.05, 3.63) is 101 Å². The van der Waals surface area contributed by atoms with E-state index in [9.17, 15) is 14.9 Å². The summed E-state index contributed by atoms with van der Waals surface area (Å²) in [7, 11) is 0. The summed E-state index contributed by atoms with van der Waals surface area (Å²) in [6.45, 7) is -0.258. The van der Waals surface area contributed by atoms with Crippen molar-refractivity contribution in [1.82, 2.24) is 0 Å². The zero-order chi connectivity index (χ0) is 21.6. The largest absolute Gasteiger partial charge is 0.482 e. The van der Waals surface area contributed by atoms with Crippen LogP contribution in [0.15, 0.2) is 101 Å². The zero-order valence-electron chi connectivity index (χ0n) is 16.3. The lowest BCUT2D eigenvalue weighted by Gasteiger charge is -2.13. The molecular weight excluding hydrogens is 414 g/mol. The van der Waals surface area contributed by atoms with Gasteiger partial charge in [-0.15, -0.1) is 0 Å². The minimum Gasteiger partial charge on any atom is -0.482 e. The van der Waals surface area contributed by atoms with Gasteiger partial charge in [0.15, 0.2) is 6.61 Å². The van der Waals surface area contributed by atoms with Gasteiger partial charge in [0.2, 0.25) is 0 Å². The number of esters is 1. The summed E-state index contributed by atoms with van der Waals surface area (Å²) in [6.07, 6.45) is 0.